The highest BCUT2D eigenvalue weighted by molar-refractivity contribution is 6.74. The van der Waals surface area contributed by atoms with E-state index < -0.39 is 14.4 Å². The van der Waals surface area contributed by atoms with E-state index in [1.54, 1.807) is 7.11 Å². The van der Waals surface area contributed by atoms with Crippen LogP contribution in [-0.2, 0) is 13.0 Å². The van der Waals surface area contributed by atoms with Gasteiger partial charge in [-0.3, -0.25) is 4.90 Å². The molecular weight excluding hydrogens is 490 g/mol. The molecule has 3 aromatic rings. The van der Waals surface area contributed by atoms with Gasteiger partial charge in [-0.05, 0) is 90.9 Å². The first kappa shape index (κ1) is 23.1. The Morgan fingerprint density at radius 3 is 2.11 bits per heavy atom. The number of rotatable bonds is 12. The van der Waals surface area contributed by atoms with Gasteiger partial charge in [0.1, 0.15) is 17.2 Å². The number of nitrogens with zero attached hydrogens (tertiary/aromatic N) is 1. The molecule has 0 aliphatic rings. The molecule has 0 saturated carbocycles. The van der Waals surface area contributed by atoms with Gasteiger partial charge in [0.05, 0.1) is 20.0 Å². The maximum atomic E-state index is 11.2. The normalized spacial score (nSPS) is 16.5. The van der Waals surface area contributed by atoms with Gasteiger partial charge in [0.2, 0.25) is 8.32 Å². The van der Waals surface area contributed by atoms with Crippen LogP contribution < -0.4 is 9.16 Å². The van der Waals surface area contributed by atoms with Gasteiger partial charge >= 0.3 is 0 Å². The number of phenolic OH excluding ortho intramolecular Hbond substituents is 1. The number of ether oxygens (including phenoxy) is 1. The molecule has 0 spiro atoms. The van der Waals surface area contributed by atoms with Crippen LogP contribution in [0.15, 0.2) is 72.7 Å². The summed E-state index contributed by atoms with van der Waals surface area (Å²) in [5.74, 6) is 0.769. The number of hydrogen-bond donors (Lipinski definition) is 2. The molecule has 206 valence electrons. The fourth-order valence-electron chi connectivity index (χ4n) is 3.72. The maximum absolute atomic E-state index is 11.2. The van der Waals surface area contributed by atoms with Crippen molar-refractivity contribution in [2.24, 2.45) is 0 Å². The monoisotopic (exact) mass is 540 g/mol. The summed E-state index contributed by atoms with van der Waals surface area (Å²) in [6.07, 6.45) is -1.24. The van der Waals surface area contributed by atoms with Crippen molar-refractivity contribution in [3.05, 3.63) is 89.4 Å². The van der Waals surface area contributed by atoms with E-state index in [0.29, 0.717) is 29.8 Å². The van der Waals surface area contributed by atoms with Crippen molar-refractivity contribution in [2.75, 3.05) is 13.7 Å². The molecule has 38 heavy (non-hydrogen) atoms. The van der Waals surface area contributed by atoms with Crippen LogP contribution in [0.1, 0.15) is 63.7 Å². The smallest absolute Gasteiger partial charge is 0.250 e. The van der Waals surface area contributed by atoms with E-state index in [1.807, 2.05) is 49.2 Å². The van der Waals surface area contributed by atoms with Crippen molar-refractivity contribution < 1.29 is 26.2 Å². The molecule has 0 bridgehead atoms. The zero-order chi connectivity index (χ0) is 32.3. The molecule has 0 amide bonds. The van der Waals surface area contributed by atoms with Gasteiger partial charge in [-0.25, -0.2) is 0 Å². The third-order valence-corrected chi connectivity index (χ3v) is 11.7. The van der Waals surface area contributed by atoms with Gasteiger partial charge in [0, 0.05) is 19.1 Å². The SMILES string of the molecule is [2H]c1c([2H])c(O[Si](C)(C)C(C)(C)C)c([2H])c([2H])c1CCC(C)N(Cc1ccc(OC)cc1)CC([2H])(O)c1ccc(O)cc1. The summed E-state index contributed by atoms with van der Waals surface area (Å²) >= 11 is 0. The fourth-order valence-corrected chi connectivity index (χ4v) is 4.64. The number of benzene rings is 3. The van der Waals surface area contributed by atoms with E-state index >= 15 is 0 Å². The third kappa shape index (κ3) is 8.35. The Kier molecular flexibility index (Phi) is 7.80. The first-order valence-electron chi connectivity index (χ1n) is 15.5. The minimum atomic E-state index is -2.40. The Morgan fingerprint density at radius 1 is 0.947 bits per heavy atom. The van der Waals surface area contributed by atoms with Crippen molar-refractivity contribution >= 4 is 8.32 Å². The summed E-state index contributed by atoms with van der Waals surface area (Å²) in [5, 5.41) is 20.7. The molecule has 0 fully saturated rings. The van der Waals surface area contributed by atoms with Gasteiger partial charge < -0.3 is 19.4 Å². The number of methoxy groups -OCH3 is 1. The highest BCUT2D eigenvalue weighted by Gasteiger charge is 2.38. The largest absolute Gasteiger partial charge is 0.544 e. The molecule has 6 heteroatoms. The molecule has 0 radical (unpaired) electrons. The second-order valence-corrected chi connectivity index (χ2v) is 16.0. The van der Waals surface area contributed by atoms with Crippen molar-refractivity contribution in [1.29, 1.82) is 0 Å². The minimum Gasteiger partial charge on any atom is -0.544 e. The lowest BCUT2D eigenvalue weighted by molar-refractivity contribution is 0.0834. The molecule has 2 N–H and O–H groups in total. The molecule has 2 unspecified atom stereocenters. The first-order chi connectivity index (χ1) is 19.9. The zero-order valence-electron chi connectivity index (χ0n) is 28.7. The van der Waals surface area contributed by atoms with Crippen LogP contribution in [0.4, 0.5) is 0 Å². The molecule has 5 nitrogen and oxygen atoms in total. The Labute approximate surface area is 237 Å². The number of aliphatic hydroxyl groups is 1. The van der Waals surface area contributed by atoms with Crippen molar-refractivity contribution in [1.82, 2.24) is 4.90 Å². The van der Waals surface area contributed by atoms with Gasteiger partial charge in [-0.1, -0.05) is 57.1 Å². The second-order valence-electron chi connectivity index (χ2n) is 11.3. The van der Waals surface area contributed by atoms with Crippen LogP contribution in [0, 0.1) is 0 Å². The maximum Gasteiger partial charge on any atom is 0.250 e. The molecule has 0 aromatic heterocycles. The first-order valence-corrected chi connectivity index (χ1v) is 16.0. The second kappa shape index (κ2) is 12.8. The standard InChI is InChI=1S/C32H45NO4Si/c1-24(8-9-25-10-20-30(21-11-25)37-38(6,7)32(2,3)4)33(22-26-12-18-29(36-5)19-13-26)23-31(35)27-14-16-28(34)17-15-27/h10-21,24,31,34-35H,8-9,22-23H2,1-7H3/i10D,11D,20D,21D,31D. The van der Waals surface area contributed by atoms with Gasteiger partial charge in [0.15, 0.2) is 0 Å². The number of hydrogen-bond acceptors (Lipinski definition) is 5. The number of phenols is 1. The summed E-state index contributed by atoms with van der Waals surface area (Å²) in [4.78, 5) is 1.97. The van der Waals surface area contributed by atoms with E-state index in [4.69, 9.17) is 16.0 Å². The van der Waals surface area contributed by atoms with Crippen LogP contribution in [0.3, 0.4) is 0 Å². The lowest BCUT2D eigenvalue weighted by Crippen LogP contribution is -2.43. The van der Waals surface area contributed by atoms with Crippen LogP contribution in [0.25, 0.3) is 0 Å². The molecule has 0 aliphatic heterocycles. The molecule has 3 aromatic carbocycles. The van der Waals surface area contributed by atoms with Crippen molar-refractivity contribution in [3.8, 4) is 17.2 Å². The minimum absolute atomic E-state index is 0.00712. The quantitative estimate of drug-likeness (QED) is 0.235. The fraction of sp³-hybridized carbons (Fsp3) is 0.438. The predicted octanol–water partition coefficient (Wildman–Crippen LogP) is 7.34. The zero-order valence-corrected chi connectivity index (χ0v) is 24.7. The average Bonchev–Trinajstić information content (AvgIpc) is 2.93. The van der Waals surface area contributed by atoms with E-state index in [2.05, 4.69) is 20.8 Å². The highest BCUT2D eigenvalue weighted by atomic mass is 28.4. The summed E-state index contributed by atoms with van der Waals surface area (Å²) in [5.41, 5.74) is 1.60. The van der Waals surface area contributed by atoms with Crippen LogP contribution in [-0.4, -0.2) is 43.1 Å². The van der Waals surface area contributed by atoms with Crippen molar-refractivity contribution in [2.45, 2.75) is 77.3 Å². The third-order valence-electron chi connectivity index (χ3n) is 7.35. The van der Waals surface area contributed by atoms with Crippen molar-refractivity contribution in [3.63, 3.8) is 0 Å². The average molecular weight is 541 g/mol. The van der Waals surface area contributed by atoms with Gasteiger partial charge in [-0.2, -0.15) is 0 Å². The van der Waals surface area contributed by atoms with Crippen LogP contribution in [0.5, 0.6) is 17.2 Å². The van der Waals surface area contributed by atoms with E-state index in [0.717, 1.165) is 5.56 Å². The Hall–Kier alpha value is -2.80. The van der Waals surface area contributed by atoms with E-state index in [9.17, 15) is 10.2 Å². The highest BCUT2D eigenvalue weighted by Crippen LogP contribution is 2.37. The molecule has 0 aliphatic carbocycles. The van der Waals surface area contributed by atoms with E-state index in [-0.39, 0.29) is 59.7 Å². The van der Waals surface area contributed by atoms with E-state index in [1.165, 1.54) is 24.3 Å². The molecule has 0 heterocycles. The Morgan fingerprint density at radius 2 is 1.55 bits per heavy atom. The summed E-state index contributed by atoms with van der Waals surface area (Å²) < 4.78 is 55.0. The van der Waals surface area contributed by atoms with Crippen LogP contribution >= 0.6 is 0 Å². The number of aromatic hydroxyl groups is 1. The summed E-state index contributed by atoms with van der Waals surface area (Å²) in [6, 6.07) is 12.7. The van der Waals surface area contributed by atoms with Gasteiger partial charge in [-0.15, -0.1) is 0 Å². The van der Waals surface area contributed by atoms with Gasteiger partial charge in [0.25, 0.3) is 0 Å². The molecule has 0 saturated heterocycles. The lowest BCUT2D eigenvalue weighted by atomic mass is 10.0. The lowest BCUT2D eigenvalue weighted by Gasteiger charge is -2.36. The molecular formula is C32H45NO4Si. The molecule has 3 rings (SSSR count). The summed E-state index contributed by atoms with van der Waals surface area (Å²) in [7, 11) is -0.801. The topological polar surface area (TPSA) is 62.2 Å². The van der Waals surface area contributed by atoms with Crippen LogP contribution in [0.2, 0.25) is 18.1 Å². The Bertz CT molecular complexity index is 1360. The summed E-state index contributed by atoms with van der Waals surface area (Å²) in [6.45, 7) is 12.5. The Balaban J connectivity index is 1.89. The molecule has 2 atom stereocenters. The predicted molar refractivity (Wildman–Crippen MR) is 159 cm³/mol.